The zero-order valence-corrected chi connectivity index (χ0v) is 18.6. The Morgan fingerprint density at radius 3 is 2.91 bits per heavy atom. The third-order valence-corrected chi connectivity index (χ3v) is 5.38. The van der Waals surface area contributed by atoms with E-state index in [1.54, 1.807) is 31.4 Å². The van der Waals surface area contributed by atoms with Crippen LogP contribution in [0.3, 0.4) is 0 Å². The number of nitrogens with zero attached hydrogens (tertiary/aromatic N) is 3. The normalized spacial score (nSPS) is 17.5. The first-order chi connectivity index (χ1) is 15.5. The average molecular weight is 443 g/mol. The van der Waals surface area contributed by atoms with Crippen LogP contribution in [-0.4, -0.2) is 49.6 Å². The van der Waals surface area contributed by atoms with Crippen molar-refractivity contribution in [3.05, 3.63) is 54.0 Å². The molecule has 3 rings (SSSR count). The Kier molecular flexibility index (Phi) is 8.24. The van der Waals surface area contributed by atoms with Crippen LogP contribution in [0.4, 0.5) is 10.2 Å². The molecular weight excluding hydrogens is 411 g/mol. The third-order valence-electron chi connectivity index (χ3n) is 5.38. The zero-order valence-electron chi connectivity index (χ0n) is 18.6. The minimum Gasteiger partial charge on any atom is -0.486 e. The largest absolute Gasteiger partial charge is 0.486 e. The molecule has 9 heteroatoms. The van der Waals surface area contributed by atoms with Gasteiger partial charge in [0.15, 0.2) is 17.5 Å². The van der Waals surface area contributed by atoms with E-state index in [-0.39, 0.29) is 29.5 Å². The number of nitrogens with one attached hydrogen (secondary N) is 2. The number of hydrogen-bond donors (Lipinski definition) is 3. The number of primary amides is 1. The highest BCUT2D eigenvalue weighted by atomic mass is 19.1. The summed E-state index contributed by atoms with van der Waals surface area (Å²) >= 11 is 0. The molecule has 1 fully saturated rings. The van der Waals surface area contributed by atoms with Crippen LogP contribution in [0, 0.1) is 11.7 Å². The highest BCUT2D eigenvalue weighted by Gasteiger charge is 2.26. The van der Waals surface area contributed by atoms with Crippen LogP contribution in [-0.2, 0) is 11.3 Å². The number of pyridine rings is 1. The molecule has 172 valence electrons. The molecule has 4 N–H and O–H groups in total. The number of carbonyl (C=O) groups excluding carboxylic acids is 1. The summed E-state index contributed by atoms with van der Waals surface area (Å²) in [4.78, 5) is 22.6. The van der Waals surface area contributed by atoms with Crippen molar-refractivity contribution in [3.8, 4) is 5.75 Å². The maximum atomic E-state index is 13.8. The summed E-state index contributed by atoms with van der Waals surface area (Å²) in [5.74, 6) is 0.858. The predicted octanol–water partition coefficient (Wildman–Crippen LogP) is 2.05. The summed E-state index contributed by atoms with van der Waals surface area (Å²) in [5.41, 5.74) is 6.52. The van der Waals surface area contributed by atoms with E-state index in [4.69, 9.17) is 10.5 Å². The minimum absolute atomic E-state index is 0.156. The molecule has 2 heterocycles. The first-order valence-electron chi connectivity index (χ1n) is 10.8. The van der Waals surface area contributed by atoms with Crippen molar-refractivity contribution in [3.63, 3.8) is 0 Å². The highest BCUT2D eigenvalue weighted by molar-refractivity contribution is 5.80. The zero-order chi connectivity index (χ0) is 22.9. The molecule has 0 spiro atoms. The van der Waals surface area contributed by atoms with Crippen molar-refractivity contribution in [2.75, 3.05) is 31.6 Å². The summed E-state index contributed by atoms with van der Waals surface area (Å²) in [6.07, 6.45) is 3.20. The van der Waals surface area contributed by atoms with Crippen LogP contribution in [0.15, 0.2) is 47.6 Å². The molecule has 1 aromatic carbocycles. The summed E-state index contributed by atoms with van der Waals surface area (Å²) < 4.78 is 19.4. The standard InChI is InChI=1S/C23H31FN6O2/c1-16(32-20-10-4-3-9-19(20)24)13-28-23(26-2)29-14-17-7-5-11-27-22(17)30-12-6-8-18(15-30)21(25)31/h3-5,7,9-11,16,18H,6,8,12-15H2,1-2H3,(H2,25,31)(H2,26,28,29). The van der Waals surface area contributed by atoms with Crippen LogP contribution in [0.5, 0.6) is 5.75 Å². The summed E-state index contributed by atoms with van der Waals surface area (Å²) in [6, 6.07) is 10.2. The van der Waals surface area contributed by atoms with Gasteiger partial charge in [-0.15, -0.1) is 0 Å². The molecular formula is C23H31FN6O2. The molecule has 0 bridgehead atoms. The molecule has 1 aliphatic rings. The van der Waals surface area contributed by atoms with Crippen molar-refractivity contribution in [2.45, 2.75) is 32.4 Å². The van der Waals surface area contributed by atoms with E-state index >= 15 is 0 Å². The number of amides is 1. The smallest absolute Gasteiger partial charge is 0.222 e. The van der Waals surface area contributed by atoms with Gasteiger partial charge in [0.05, 0.1) is 12.5 Å². The lowest BCUT2D eigenvalue weighted by molar-refractivity contribution is -0.122. The van der Waals surface area contributed by atoms with Crippen LogP contribution >= 0.6 is 0 Å². The molecule has 0 aliphatic carbocycles. The quantitative estimate of drug-likeness (QED) is 0.427. The van der Waals surface area contributed by atoms with Gasteiger partial charge in [-0.3, -0.25) is 9.79 Å². The second-order valence-corrected chi connectivity index (χ2v) is 7.84. The third kappa shape index (κ3) is 6.32. The van der Waals surface area contributed by atoms with E-state index in [0.29, 0.717) is 25.6 Å². The van der Waals surface area contributed by atoms with Gasteiger partial charge in [0.25, 0.3) is 0 Å². The van der Waals surface area contributed by atoms with Crippen molar-refractivity contribution in [1.29, 1.82) is 0 Å². The number of ether oxygens (including phenoxy) is 1. The summed E-state index contributed by atoms with van der Waals surface area (Å²) in [6.45, 7) is 4.23. The molecule has 32 heavy (non-hydrogen) atoms. The fourth-order valence-corrected chi connectivity index (χ4v) is 3.69. The number of guanidine groups is 1. The maximum absolute atomic E-state index is 13.8. The van der Waals surface area contributed by atoms with Crippen molar-refractivity contribution in [1.82, 2.24) is 15.6 Å². The molecule has 1 aliphatic heterocycles. The molecule has 8 nitrogen and oxygen atoms in total. The van der Waals surface area contributed by atoms with Gasteiger partial charge < -0.3 is 26.0 Å². The van der Waals surface area contributed by atoms with Crippen LogP contribution in [0.1, 0.15) is 25.3 Å². The number of halogens is 1. The number of anilines is 1. The number of para-hydroxylation sites is 1. The SMILES string of the molecule is CN=C(NCc1cccnc1N1CCCC(C(N)=O)C1)NCC(C)Oc1ccccc1F. The van der Waals surface area contributed by atoms with E-state index in [9.17, 15) is 9.18 Å². The molecule has 2 unspecified atom stereocenters. The lowest BCUT2D eigenvalue weighted by Crippen LogP contribution is -2.43. The Morgan fingerprint density at radius 2 is 2.16 bits per heavy atom. The fourth-order valence-electron chi connectivity index (χ4n) is 3.69. The lowest BCUT2D eigenvalue weighted by Gasteiger charge is -2.33. The lowest BCUT2D eigenvalue weighted by atomic mass is 9.97. The first kappa shape index (κ1) is 23.3. The number of hydrogen-bond acceptors (Lipinski definition) is 5. The van der Waals surface area contributed by atoms with Gasteiger partial charge in [0.1, 0.15) is 11.9 Å². The van der Waals surface area contributed by atoms with Gasteiger partial charge in [-0.2, -0.15) is 0 Å². The molecule has 2 aromatic rings. The Labute approximate surface area is 188 Å². The second-order valence-electron chi connectivity index (χ2n) is 7.84. The number of aliphatic imine (C=N–C) groups is 1. The van der Waals surface area contributed by atoms with E-state index in [1.165, 1.54) is 6.07 Å². The summed E-state index contributed by atoms with van der Waals surface area (Å²) in [7, 11) is 1.68. The molecule has 1 amide bonds. The van der Waals surface area contributed by atoms with Gasteiger partial charge in [0, 0.05) is 38.4 Å². The minimum atomic E-state index is -0.387. The number of rotatable bonds is 8. The molecule has 0 saturated carbocycles. The maximum Gasteiger partial charge on any atom is 0.222 e. The average Bonchev–Trinajstić information content (AvgIpc) is 2.81. The number of nitrogens with two attached hydrogens (primary N) is 1. The van der Waals surface area contributed by atoms with Gasteiger partial charge in [-0.25, -0.2) is 9.37 Å². The topological polar surface area (TPSA) is 105 Å². The Hall–Kier alpha value is -3.36. The second kappa shape index (κ2) is 11.3. The number of benzene rings is 1. The Balaban J connectivity index is 1.55. The Morgan fingerprint density at radius 1 is 1.34 bits per heavy atom. The van der Waals surface area contributed by atoms with Gasteiger partial charge in [0.2, 0.25) is 5.91 Å². The van der Waals surface area contributed by atoms with Crippen molar-refractivity contribution >= 4 is 17.7 Å². The van der Waals surface area contributed by atoms with E-state index in [2.05, 4.69) is 25.5 Å². The van der Waals surface area contributed by atoms with Gasteiger partial charge >= 0.3 is 0 Å². The van der Waals surface area contributed by atoms with Crippen molar-refractivity contribution < 1.29 is 13.9 Å². The molecule has 0 radical (unpaired) electrons. The van der Waals surface area contributed by atoms with Crippen LogP contribution in [0.25, 0.3) is 0 Å². The fraction of sp³-hybridized carbons (Fsp3) is 0.435. The predicted molar refractivity (Wildman–Crippen MR) is 123 cm³/mol. The van der Waals surface area contributed by atoms with Gasteiger partial charge in [-0.1, -0.05) is 18.2 Å². The monoisotopic (exact) mass is 442 g/mol. The molecule has 1 saturated heterocycles. The number of carbonyl (C=O) groups is 1. The van der Waals surface area contributed by atoms with E-state index < -0.39 is 0 Å². The van der Waals surface area contributed by atoms with Gasteiger partial charge in [-0.05, 0) is 38.0 Å². The summed E-state index contributed by atoms with van der Waals surface area (Å²) in [5, 5.41) is 6.48. The van der Waals surface area contributed by atoms with Crippen molar-refractivity contribution in [2.24, 2.45) is 16.6 Å². The van der Waals surface area contributed by atoms with E-state index in [0.717, 1.165) is 30.8 Å². The van der Waals surface area contributed by atoms with Crippen LogP contribution < -0.4 is 26.0 Å². The van der Waals surface area contributed by atoms with E-state index in [1.807, 2.05) is 19.1 Å². The first-order valence-corrected chi connectivity index (χ1v) is 10.8. The molecule has 1 aromatic heterocycles. The number of aromatic nitrogens is 1. The molecule has 2 atom stereocenters. The van der Waals surface area contributed by atoms with Crippen LogP contribution in [0.2, 0.25) is 0 Å². The highest BCUT2D eigenvalue weighted by Crippen LogP contribution is 2.24. The number of piperidine rings is 1. The Bertz CT molecular complexity index is 938.